The van der Waals surface area contributed by atoms with Crippen LogP contribution in [0.15, 0.2) is 11.6 Å². The lowest BCUT2D eigenvalue weighted by atomic mass is 9.45. The Hall–Kier alpha value is -2.14. The highest BCUT2D eigenvalue weighted by molar-refractivity contribution is 5.92. The van der Waals surface area contributed by atoms with Gasteiger partial charge in [0, 0.05) is 37.2 Å². The van der Waals surface area contributed by atoms with Crippen molar-refractivity contribution in [3.8, 4) is 0 Å². The van der Waals surface area contributed by atoms with Crippen molar-refractivity contribution in [3.63, 3.8) is 0 Å². The first-order chi connectivity index (χ1) is 29.5. The Balaban J connectivity index is 0.958. The minimum absolute atomic E-state index is 0.0216. The second-order valence-corrected chi connectivity index (χ2v) is 20.0. The number of esters is 2. The average molecular weight is 856 g/mol. The van der Waals surface area contributed by atoms with Gasteiger partial charge in [-0.05, 0) is 146 Å². The standard InChI is InChI=1S/C51H85NO9/c1-4-6-8-10-14-22-41(23-15-11-9-7-5-2)60-47(57)25-17-13-19-33-52(34-20-21-35-53)32-18-12-16-24-46(56)59-38-45(55)51(58)31-29-43-42-27-26-39-36-40(54)28-30-50(39)48(42)44(61-50)37-49(43,51)3/h36,41-44,48,53,58H,4-35,37-38H2,1-3H3. The van der Waals surface area contributed by atoms with E-state index in [4.69, 9.17) is 14.2 Å². The van der Waals surface area contributed by atoms with Gasteiger partial charge in [-0.1, -0.05) is 85.0 Å². The summed E-state index contributed by atoms with van der Waals surface area (Å²) in [5, 5.41) is 21.4. The number of aliphatic hydroxyl groups is 2. The van der Waals surface area contributed by atoms with Gasteiger partial charge in [0.1, 0.15) is 11.7 Å². The number of carbonyl (C=O) groups is 4. The van der Waals surface area contributed by atoms with Crippen LogP contribution in [0.4, 0.5) is 0 Å². The quantitative estimate of drug-likeness (QED) is 0.0497. The van der Waals surface area contributed by atoms with Crippen molar-refractivity contribution < 1.29 is 43.6 Å². The number of aliphatic hydroxyl groups excluding tert-OH is 1. The highest BCUT2D eigenvalue weighted by Crippen LogP contribution is 2.71. The first-order valence-electron chi connectivity index (χ1n) is 25.4. The van der Waals surface area contributed by atoms with E-state index in [0.717, 1.165) is 122 Å². The number of hydrogen-bond acceptors (Lipinski definition) is 10. The molecule has 0 aromatic rings. The molecule has 0 aromatic heterocycles. The van der Waals surface area contributed by atoms with Crippen LogP contribution in [0.3, 0.4) is 0 Å². The minimum Gasteiger partial charge on any atom is -0.462 e. The van der Waals surface area contributed by atoms with Crippen molar-refractivity contribution in [2.24, 2.45) is 23.2 Å². The topological polar surface area (TPSA) is 140 Å². The highest BCUT2D eigenvalue weighted by atomic mass is 16.5. The summed E-state index contributed by atoms with van der Waals surface area (Å²) < 4.78 is 18.2. The van der Waals surface area contributed by atoms with E-state index in [1.54, 1.807) is 0 Å². The van der Waals surface area contributed by atoms with Crippen molar-refractivity contribution >= 4 is 23.5 Å². The van der Waals surface area contributed by atoms with Crippen LogP contribution in [0, 0.1) is 23.2 Å². The summed E-state index contributed by atoms with van der Waals surface area (Å²) in [6, 6.07) is 0. The number of Topliss-reactive ketones (excluding diaryl/α,β-unsaturated/α-hetero) is 1. The summed E-state index contributed by atoms with van der Waals surface area (Å²) >= 11 is 0. The summed E-state index contributed by atoms with van der Waals surface area (Å²) in [5.74, 6) is 0.278. The van der Waals surface area contributed by atoms with Gasteiger partial charge in [0.15, 0.2) is 12.4 Å². The van der Waals surface area contributed by atoms with Crippen LogP contribution in [0.5, 0.6) is 0 Å². The number of rotatable bonds is 32. The van der Waals surface area contributed by atoms with Crippen molar-refractivity contribution in [2.75, 3.05) is 32.8 Å². The molecule has 4 aliphatic carbocycles. The number of hydrogen-bond donors (Lipinski definition) is 2. The SMILES string of the molecule is CCCCCCCC(CCCCCCC)OC(=O)CCCCCN(CCCCO)CCCCCC(=O)OCC(=O)C1(O)CCC2C3CCC4=CC(=O)CCC45OC(CC21C)C35. The van der Waals surface area contributed by atoms with E-state index in [-0.39, 0.29) is 54.3 Å². The molecule has 5 rings (SSSR count). The van der Waals surface area contributed by atoms with E-state index < -0.39 is 23.6 Å². The molecule has 1 spiro atoms. The largest absolute Gasteiger partial charge is 0.462 e. The second kappa shape index (κ2) is 24.8. The summed E-state index contributed by atoms with van der Waals surface area (Å²) in [6.45, 7) is 9.09. The fraction of sp³-hybridized carbons (Fsp3) is 0.882. The van der Waals surface area contributed by atoms with Crippen LogP contribution >= 0.6 is 0 Å². The number of fused-ring (bicyclic) bond motifs is 2. The van der Waals surface area contributed by atoms with Crippen molar-refractivity contribution in [3.05, 3.63) is 11.6 Å². The molecule has 10 nitrogen and oxygen atoms in total. The third-order valence-corrected chi connectivity index (χ3v) is 15.8. The van der Waals surface area contributed by atoms with Crippen molar-refractivity contribution in [1.29, 1.82) is 0 Å². The lowest BCUT2D eigenvalue weighted by molar-refractivity contribution is -0.317. The van der Waals surface area contributed by atoms with Crippen LogP contribution in [0.25, 0.3) is 0 Å². The summed E-state index contributed by atoms with van der Waals surface area (Å²) in [4.78, 5) is 54.0. The average Bonchev–Trinajstić information content (AvgIpc) is 3.51. The first kappa shape index (κ1) is 49.9. The number of carbonyl (C=O) groups excluding carboxylic acids is 4. The molecule has 61 heavy (non-hydrogen) atoms. The molecule has 1 saturated heterocycles. The maximum Gasteiger partial charge on any atom is 0.306 e. The second-order valence-electron chi connectivity index (χ2n) is 20.0. The van der Waals surface area contributed by atoms with Crippen LogP contribution < -0.4 is 0 Å². The summed E-state index contributed by atoms with van der Waals surface area (Å²) in [6.07, 6.45) is 28.7. The van der Waals surface area contributed by atoms with E-state index in [2.05, 4.69) is 25.7 Å². The Morgan fingerprint density at radius 1 is 0.787 bits per heavy atom. The van der Waals surface area contributed by atoms with Gasteiger partial charge in [-0.15, -0.1) is 0 Å². The van der Waals surface area contributed by atoms with Gasteiger partial charge in [0.05, 0.1) is 11.7 Å². The molecule has 0 bridgehead atoms. The maximum atomic E-state index is 13.7. The predicted octanol–water partition coefficient (Wildman–Crippen LogP) is 9.93. The van der Waals surface area contributed by atoms with Crippen molar-refractivity contribution in [1.82, 2.24) is 4.90 Å². The molecule has 348 valence electrons. The zero-order chi connectivity index (χ0) is 43.7. The molecular weight excluding hydrogens is 771 g/mol. The Morgan fingerprint density at radius 3 is 2.03 bits per heavy atom. The summed E-state index contributed by atoms with van der Waals surface area (Å²) in [5.41, 5.74) is -1.33. The molecule has 4 fully saturated rings. The van der Waals surface area contributed by atoms with Gasteiger partial charge < -0.3 is 29.3 Å². The maximum absolute atomic E-state index is 13.7. The van der Waals surface area contributed by atoms with Crippen molar-refractivity contribution in [2.45, 2.75) is 230 Å². The Morgan fingerprint density at radius 2 is 1.39 bits per heavy atom. The molecule has 10 heteroatoms. The smallest absolute Gasteiger partial charge is 0.306 e. The first-order valence-corrected chi connectivity index (χ1v) is 25.4. The fourth-order valence-electron chi connectivity index (χ4n) is 12.3. The molecule has 0 radical (unpaired) electrons. The molecule has 2 N–H and O–H groups in total. The summed E-state index contributed by atoms with van der Waals surface area (Å²) in [7, 11) is 0. The lowest BCUT2D eigenvalue weighted by Crippen LogP contribution is -2.72. The van der Waals surface area contributed by atoms with Gasteiger partial charge in [-0.25, -0.2) is 0 Å². The lowest BCUT2D eigenvalue weighted by Gasteiger charge is -2.69. The van der Waals surface area contributed by atoms with Gasteiger partial charge in [-0.2, -0.15) is 0 Å². The molecular formula is C51H85NO9. The monoisotopic (exact) mass is 856 g/mol. The molecule has 0 aromatic carbocycles. The highest BCUT2D eigenvalue weighted by Gasteiger charge is 2.73. The molecule has 7 unspecified atom stereocenters. The predicted molar refractivity (Wildman–Crippen MR) is 239 cm³/mol. The molecule has 0 amide bonds. The third kappa shape index (κ3) is 13.0. The molecule has 7 atom stereocenters. The minimum atomic E-state index is -1.54. The molecule has 1 heterocycles. The zero-order valence-corrected chi connectivity index (χ0v) is 38.7. The number of unbranched alkanes of at least 4 members (excludes halogenated alkanes) is 13. The number of nitrogens with zero attached hydrogens (tertiary/aromatic N) is 1. The zero-order valence-electron chi connectivity index (χ0n) is 38.7. The van der Waals surface area contributed by atoms with E-state index in [1.807, 2.05) is 6.08 Å². The van der Waals surface area contributed by atoms with E-state index in [1.165, 1.54) is 51.4 Å². The Kier molecular flexibility index (Phi) is 20.3. The van der Waals surface area contributed by atoms with Gasteiger partial charge in [-0.3, -0.25) is 19.2 Å². The number of ether oxygens (including phenoxy) is 3. The van der Waals surface area contributed by atoms with Gasteiger partial charge in [0.25, 0.3) is 0 Å². The normalized spacial score (nSPS) is 28.8. The van der Waals surface area contributed by atoms with Crippen LogP contribution in [-0.4, -0.2) is 94.9 Å². The third-order valence-electron chi connectivity index (χ3n) is 15.8. The molecule has 3 saturated carbocycles. The van der Waals surface area contributed by atoms with E-state index in [0.29, 0.717) is 43.9 Å². The molecule has 1 aliphatic heterocycles. The van der Waals surface area contributed by atoms with Crippen LogP contribution in [-0.2, 0) is 33.4 Å². The van der Waals surface area contributed by atoms with E-state index in [9.17, 15) is 29.4 Å². The van der Waals surface area contributed by atoms with E-state index >= 15 is 0 Å². The Bertz CT molecular complexity index is 1420. The van der Waals surface area contributed by atoms with Gasteiger partial charge in [0.2, 0.25) is 5.78 Å². The van der Waals surface area contributed by atoms with Crippen LogP contribution in [0.2, 0.25) is 0 Å². The van der Waals surface area contributed by atoms with Crippen LogP contribution in [0.1, 0.15) is 207 Å². The Labute approximate surface area is 369 Å². The molecule has 5 aliphatic rings. The van der Waals surface area contributed by atoms with Gasteiger partial charge >= 0.3 is 11.9 Å². The fourth-order valence-corrected chi connectivity index (χ4v) is 12.3. The number of ketones is 2.